The van der Waals surface area contributed by atoms with Crippen LogP contribution >= 0.6 is 0 Å². The van der Waals surface area contributed by atoms with E-state index in [2.05, 4.69) is 11.9 Å². The summed E-state index contributed by atoms with van der Waals surface area (Å²) >= 11 is 0. The second-order valence-corrected chi connectivity index (χ2v) is 5.54. The topological polar surface area (TPSA) is 68.5 Å². The number of furan rings is 1. The van der Waals surface area contributed by atoms with E-state index in [1.807, 2.05) is 26.0 Å². The lowest BCUT2D eigenvalue weighted by atomic mass is 10.0. The molecular formula is C18H21NO4. The van der Waals surface area contributed by atoms with Crippen LogP contribution in [-0.2, 0) is 20.7 Å². The Morgan fingerprint density at radius 2 is 2.04 bits per heavy atom. The van der Waals surface area contributed by atoms with Crippen molar-refractivity contribution in [1.82, 2.24) is 5.32 Å². The van der Waals surface area contributed by atoms with E-state index in [-0.39, 0.29) is 12.3 Å². The second-order valence-electron chi connectivity index (χ2n) is 5.54. The van der Waals surface area contributed by atoms with Crippen molar-refractivity contribution in [3.05, 3.63) is 47.7 Å². The van der Waals surface area contributed by atoms with Crippen LogP contribution < -0.4 is 5.32 Å². The minimum atomic E-state index is -0.843. The minimum absolute atomic E-state index is 0.0641. The largest absolute Gasteiger partial charge is 0.464 e. The van der Waals surface area contributed by atoms with Crippen LogP contribution in [0.5, 0.6) is 0 Å². The molecule has 0 bridgehead atoms. The van der Waals surface area contributed by atoms with Gasteiger partial charge in [0.2, 0.25) is 0 Å². The van der Waals surface area contributed by atoms with E-state index < -0.39 is 12.1 Å². The van der Waals surface area contributed by atoms with Crippen molar-refractivity contribution in [2.24, 2.45) is 0 Å². The lowest BCUT2D eigenvalue weighted by Gasteiger charge is -2.12. The van der Waals surface area contributed by atoms with E-state index in [0.717, 1.165) is 27.7 Å². The highest BCUT2D eigenvalue weighted by molar-refractivity contribution is 5.88. The average Bonchev–Trinajstić information content (AvgIpc) is 2.87. The van der Waals surface area contributed by atoms with Gasteiger partial charge in [-0.05, 0) is 44.0 Å². The van der Waals surface area contributed by atoms with Gasteiger partial charge in [-0.25, -0.2) is 0 Å². The summed E-state index contributed by atoms with van der Waals surface area (Å²) in [6.45, 7) is 9.41. The SMILES string of the molecule is C=CCNC(=O)C(C)OC(=O)Cc1coc2cc(C)c(C)cc12. The molecule has 1 N–H and O–H groups in total. The van der Waals surface area contributed by atoms with E-state index in [4.69, 9.17) is 9.15 Å². The first kappa shape index (κ1) is 16.8. The normalized spacial score (nSPS) is 12.0. The smallest absolute Gasteiger partial charge is 0.311 e. The first-order valence-corrected chi connectivity index (χ1v) is 7.47. The molecule has 1 amide bonds. The molecule has 2 rings (SSSR count). The number of esters is 1. The number of ether oxygens (including phenoxy) is 1. The number of fused-ring (bicyclic) bond motifs is 1. The van der Waals surface area contributed by atoms with Crippen molar-refractivity contribution in [1.29, 1.82) is 0 Å². The van der Waals surface area contributed by atoms with Crippen LogP contribution in [0.25, 0.3) is 11.0 Å². The summed E-state index contributed by atoms with van der Waals surface area (Å²) in [4.78, 5) is 23.7. The van der Waals surface area contributed by atoms with Crippen molar-refractivity contribution in [3.63, 3.8) is 0 Å². The van der Waals surface area contributed by atoms with Gasteiger partial charge in [0.05, 0.1) is 12.7 Å². The molecule has 0 saturated carbocycles. The summed E-state index contributed by atoms with van der Waals surface area (Å²) in [5, 5.41) is 3.48. The highest BCUT2D eigenvalue weighted by atomic mass is 16.5. The Hall–Kier alpha value is -2.56. The molecule has 0 spiro atoms. The predicted molar refractivity (Wildman–Crippen MR) is 88.2 cm³/mol. The molecule has 0 aliphatic heterocycles. The lowest BCUT2D eigenvalue weighted by molar-refractivity contribution is -0.154. The minimum Gasteiger partial charge on any atom is -0.464 e. The third-order valence-electron chi connectivity index (χ3n) is 3.70. The highest BCUT2D eigenvalue weighted by Crippen LogP contribution is 2.25. The van der Waals surface area contributed by atoms with Gasteiger partial charge in [-0.3, -0.25) is 9.59 Å². The van der Waals surface area contributed by atoms with Crippen LogP contribution in [0.4, 0.5) is 0 Å². The Morgan fingerprint density at radius 3 is 2.74 bits per heavy atom. The molecule has 0 fully saturated rings. The maximum absolute atomic E-state index is 12.0. The number of carbonyl (C=O) groups excluding carboxylic acids is 2. The monoisotopic (exact) mass is 315 g/mol. The van der Waals surface area contributed by atoms with Gasteiger partial charge in [0.15, 0.2) is 6.10 Å². The molecule has 5 nitrogen and oxygen atoms in total. The van der Waals surface area contributed by atoms with Gasteiger partial charge >= 0.3 is 5.97 Å². The molecule has 0 aliphatic rings. The first-order valence-electron chi connectivity index (χ1n) is 7.47. The molecule has 0 aliphatic carbocycles. The van der Waals surface area contributed by atoms with Gasteiger partial charge in [-0.15, -0.1) is 6.58 Å². The van der Waals surface area contributed by atoms with Crippen LogP contribution in [0.2, 0.25) is 0 Å². The first-order chi connectivity index (χ1) is 10.9. The fraction of sp³-hybridized carbons (Fsp3) is 0.333. The maximum Gasteiger partial charge on any atom is 0.311 e. The van der Waals surface area contributed by atoms with Crippen LogP contribution in [0.1, 0.15) is 23.6 Å². The molecule has 122 valence electrons. The molecule has 5 heteroatoms. The fourth-order valence-electron chi connectivity index (χ4n) is 2.24. The summed E-state index contributed by atoms with van der Waals surface area (Å²) in [6, 6.07) is 3.95. The second kappa shape index (κ2) is 7.13. The number of hydrogen-bond acceptors (Lipinski definition) is 4. The average molecular weight is 315 g/mol. The number of rotatable bonds is 6. The molecule has 1 unspecified atom stereocenters. The van der Waals surface area contributed by atoms with Crippen LogP contribution in [-0.4, -0.2) is 24.5 Å². The maximum atomic E-state index is 12.0. The van der Waals surface area contributed by atoms with E-state index in [9.17, 15) is 9.59 Å². The Morgan fingerprint density at radius 1 is 1.35 bits per heavy atom. The molecule has 1 heterocycles. The molecule has 0 radical (unpaired) electrons. The third kappa shape index (κ3) is 4.00. The van der Waals surface area contributed by atoms with Gasteiger partial charge in [0.25, 0.3) is 5.91 Å². The van der Waals surface area contributed by atoms with E-state index in [1.54, 1.807) is 12.3 Å². The Bertz CT molecular complexity index is 745. The fourth-order valence-corrected chi connectivity index (χ4v) is 2.24. The van der Waals surface area contributed by atoms with Gasteiger partial charge in [0.1, 0.15) is 5.58 Å². The van der Waals surface area contributed by atoms with Crippen molar-refractivity contribution in [3.8, 4) is 0 Å². The summed E-state index contributed by atoms with van der Waals surface area (Å²) in [5.74, 6) is -0.811. The molecule has 23 heavy (non-hydrogen) atoms. The number of aryl methyl sites for hydroxylation is 2. The number of carbonyl (C=O) groups is 2. The summed E-state index contributed by atoms with van der Waals surface area (Å²) in [6.07, 6.45) is 2.35. The van der Waals surface area contributed by atoms with E-state index in [1.165, 1.54) is 6.92 Å². The quantitative estimate of drug-likeness (QED) is 0.657. The molecule has 1 aromatic carbocycles. The number of benzene rings is 1. The van der Waals surface area contributed by atoms with E-state index in [0.29, 0.717) is 6.54 Å². The van der Waals surface area contributed by atoms with Crippen LogP contribution in [0.3, 0.4) is 0 Å². The number of hydrogen-bond donors (Lipinski definition) is 1. The van der Waals surface area contributed by atoms with Crippen molar-refractivity contribution < 1.29 is 18.7 Å². The highest BCUT2D eigenvalue weighted by Gasteiger charge is 2.19. The Kier molecular flexibility index (Phi) is 5.21. The van der Waals surface area contributed by atoms with Gasteiger partial charge < -0.3 is 14.5 Å². The van der Waals surface area contributed by atoms with Crippen LogP contribution in [0, 0.1) is 13.8 Å². The summed E-state index contributed by atoms with van der Waals surface area (Å²) < 4.78 is 10.7. The molecular weight excluding hydrogens is 294 g/mol. The van der Waals surface area contributed by atoms with E-state index >= 15 is 0 Å². The van der Waals surface area contributed by atoms with Gasteiger partial charge in [-0.1, -0.05) is 6.08 Å². The Labute approximate surface area is 135 Å². The molecule has 1 aromatic heterocycles. The molecule has 1 atom stereocenters. The zero-order chi connectivity index (χ0) is 17.0. The van der Waals surface area contributed by atoms with Crippen molar-refractivity contribution >= 4 is 22.8 Å². The lowest BCUT2D eigenvalue weighted by Crippen LogP contribution is -2.36. The van der Waals surface area contributed by atoms with Crippen molar-refractivity contribution in [2.45, 2.75) is 33.3 Å². The van der Waals surface area contributed by atoms with Gasteiger partial charge in [0, 0.05) is 17.5 Å². The van der Waals surface area contributed by atoms with Gasteiger partial charge in [-0.2, -0.15) is 0 Å². The molecule has 0 saturated heterocycles. The Balaban J connectivity index is 2.04. The third-order valence-corrected chi connectivity index (χ3v) is 3.70. The number of amides is 1. The molecule has 2 aromatic rings. The zero-order valence-corrected chi connectivity index (χ0v) is 13.6. The van der Waals surface area contributed by atoms with Crippen LogP contribution in [0.15, 0.2) is 35.5 Å². The van der Waals surface area contributed by atoms with Crippen molar-refractivity contribution in [2.75, 3.05) is 6.54 Å². The predicted octanol–water partition coefficient (Wildman–Crippen LogP) is 2.83. The summed E-state index contributed by atoms with van der Waals surface area (Å²) in [7, 11) is 0. The summed E-state index contributed by atoms with van der Waals surface area (Å²) in [5.41, 5.74) is 3.76. The number of nitrogens with one attached hydrogen (secondary N) is 1. The zero-order valence-electron chi connectivity index (χ0n) is 13.6. The standard InChI is InChI=1S/C18H21NO4/c1-5-6-19-18(21)13(4)23-17(20)9-14-10-22-16-8-12(3)11(2)7-15(14)16/h5,7-8,10,13H,1,6,9H2,2-4H3,(H,19,21).